The fraction of sp³-hybridized carbons (Fsp3) is 0.537. The summed E-state index contributed by atoms with van der Waals surface area (Å²) in [6, 6.07) is 9.81. The third kappa shape index (κ3) is 10.7. The molecule has 7 N–H and O–H groups in total. The Labute approximate surface area is 332 Å². The molecule has 0 aromatic heterocycles. The van der Waals surface area contributed by atoms with Gasteiger partial charge in [0.15, 0.2) is 0 Å². The van der Waals surface area contributed by atoms with Crippen LogP contribution in [0.4, 0.5) is 0 Å². The predicted octanol–water partition coefficient (Wildman–Crippen LogP) is 0.694. The molecule has 6 amide bonds. The molecule has 0 bridgehead atoms. The van der Waals surface area contributed by atoms with E-state index >= 15 is 0 Å². The second-order valence-electron chi connectivity index (χ2n) is 15.3. The van der Waals surface area contributed by atoms with Crippen molar-refractivity contribution in [2.75, 3.05) is 26.2 Å². The highest BCUT2D eigenvalue weighted by Gasteiger charge is 2.42. The van der Waals surface area contributed by atoms with Crippen LogP contribution in [-0.4, -0.2) is 129 Å². The molecule has 0 aliphatic carbocycles. The number of carbonyl (C=O) groups excluding carboxylic acids is 6. The molecule has 16 heteroatoms. The van der Waals surface area contributed by atoms with Crippen molar-refractivity contribution >= 4 is 41.4 Å². The smallest absolute Gasteiger partial charge is 0.326 e. The molecular formula is C41H55N7O9. The van der Waals surface area contributed by atoms with E-state index in [0.717, 1.165) is 11.1 Å². The molecule has 2 aromatic rings. The number of carboxylic acid groups (broad SMARTS) is 1. The minimum Gasteiger partial charge on any atom is -0.508 e. The molecule has 16 nitrogen and oxygen atoms in total. The zero-order valence-corrected chi connectivity index (χ0v) is 32.6. The Hall–Kier alpha value is -5.51. The number of aliphatic carboxylic acids is 1. The van der Waals surface area contributed by atoms with Gasteiger partial charge in [-0.2, -0.15) is 0 Å². The van der Waals surface area contributed by atoms with Crippen molar-refractivity contribution in [2.45, 2.75) is 108 Å². The quantitative estimate of drug-likeness (QED) is 0.139. The molecule has 5 rings (SSSR count). The monoisotopic (exact) mass is 789 g/mol. The Morgan fingerprint density at radius 2 is 1.25 bits per heavy atom. The normalized spacial score (nSPS) is 21.3. The third-order valence-corrected chi connectivity index (χ3v) is 11.3. The fourth-order valence-electron chi connectivity index (χ4n) is 7.96. The summed E-state index contributed by atoms with van der Waals surface area (Å²) in [5.41, 5.74) is 7.84. The van der Waals surface area contributed by atoms with Crippen molar-refractivity contribution < 1.29 is 43.8 Å². The lowest BCUT2D eigenvalue weighted by Crippen LogP contribution is -2.58. The van der Waals surface area contributed by atoms with E-state index in [-0.39, 0.29) is 37.6 Å². The number of phenolic OH excluding ortho intramolecular Hbond substituents is 1. The molecule has 3 heterocycles. The molecule has 3 fully saturated rings. The number of nitrogens with zero attached hydrogens (tertiary/aromatic N) is 3. The summed E-state index contributed by atoms with van der Waals surface area (Å²) in [4.78, 5) is 97.7. The van der Waals surface area contributed by atoms with Gasteiger partial charge in [0.05, 0.1) is 12.6 Å². The summed E-state index contributed by atoms with van der Waals surface area (Å²) in [5.74, 6) is -4.34. The molecule has 2 aromatic carbocycles. The van der Waals surface area contributed by atoms with Crippen molar-refractivity contribution in [3.63, 3.8) is 0 Å². The molecule has 3 aliphatic heterocycles. The van der Waals surface area contributed by atoms with Crippen LogP contribution in [0.15, 0.2) is 54.6 Å². The van der Waals surface area contributed by atoms with Gasteiger partial charge in [-0.25, -0.2) is 4.79 Å². The van der Waals surface area contributed by atoms with Crippen LogP contribution in [0.5, 0.6) is 5.75 Å². The zero-order chi connectivity index (χ0) is 41.2. The number of amides is 6. The highest BCUT2D eigenvalue weighted by molar-refractivity contribution is 5.97. The number of carbonyl (C=O) groups is 7. The van der Waals surface area contributed by atoms with Crippen LogP contribution >= 0.6 is 0 Å². The van der Waals surface area contributed by atoms with E-state index in [1.807, 2.05) is 37.3 Å². The van der Waals surface area contributed by atoms with E-state index in [4.69, 9.17) is 5.73 Å². The number of nitrogens with two attached hydrogens (primary N) is 1. The van der Waals surface area contributed by atoms with Gasteiger partial charge in [0.2, 0.25) is 35.4 Å². The molecule has 0 unspecified atom stereocenters. The highest BCUT2D eigenvalue weighted by Crippen LogP contribution is 2.24. The predicted molar refractivity (Wildman–Crippen MR) is 208 cm³/mol. The minimum atomic E-state index is -1.15. The van der Waals surface area contributed by atoms with E-state index in [1.54, 1.807) is 19.1 Å². The van der Waals surface area contributed by atoms with Crippen molar-refractivity contribution in [3.8, 4) is 5.75 Å². The highest BCUT2D eigenvalue weighted by atomic mass is 16.4. The Kier molecular flexibility index (Phi) is 14.6. The summed E-state index contributed by atoms with van der Waals surface area (Å²) in [6.07, 6.45) is 3.59. The lowest BCUT2D eigenvalue weighted by atomic mass is 9.99. The number of benzene rings is 2. The van der Waals surface area contributed by atoms with Crippen LogP contribution in [0, 0.1) is 5.92 Å². The standard InChI is InChI=1S/C41H55N7O9/c1-3-25(2)35(41(56)57)45-38(53)32-13-7-19-46(32)34(50)24-43-36(51)31-12-8-21-48(31)40(55)30(23-26-10-5-4-6-11-26)44-37(52)33-14-9-20-47(33)39(54)29(42)22-27-15-17-28(49)18-16-27/h4-6,10-11,15-18,25,29-33,35,49H,3,7-9,12-14,19-24,42H2,1-2H3,(H,43,51)(H,44,52)(H,45,53)(H,56,57)/t25-,29-,30-,31-,32-,33-,35-/m0/s1. The SMILES string of the molecule is CC[C@H](C)[C@H](NC(=O)[C@@H]1CCCN1C(=O)CNC(=O)[C@@H]1CCCN1C(=O)[C@H](Cc1ccccc1)NC(=O)[C@@H]1CCCN1C(=O)[C@@H](N)Cc1ccc(O)cc1)C(=O)O. The van der Waals surface area contributed by atoms with Crippen molar-refractivity contribution in [1.82, 2.24) is 30.7 Å². The first-order chi connectivity index (χ1) is 27.3. The number of hydrogen-bond acceptors (Lipinski definition) is 9. The van der Waals surface area contributed by atoms with Crippen LogP contribution in [0.2, 0.25) is 0 Å². The van der Waals surface area contributed by atoms with Crippen LogP contribution in [0.3, 0.4) is 0 Å². The van der Waals surface area contributed by atoms with E-state index in [0.29, 0.717) is 51.5 Å². The minimum absolute atomic E-state index is 0.0934. The number of hydrogen-bond donors (Lipinski definition) is 6. The second kappa shape index (κ2) is 19.6. The maximum absolute atomic E-state index is 14.3. The maximum Gasteiger partial charge on any atom is 0.326 e. The van der Waals surface area contributed by atoms with E-state index < -0.39 is 84.2 Å². The number of phenols is 1. The van der Waals surface area contributed by atoms with Crippen molar-refractivity contribution in [2.24, 2.45) is 11.7 Å². The molecular weight excluding hydrogens is 734 g/mol. The van der Waals surface area contributed by atoms with Gasteiger partial charge >= 0.3 is 5.97 Å². The van der Waals surface area contributed by atoms with Crippen LogP contribution in [-0.2, 0) is 46.4 Å². The van der Waals surface area contributed by atoms with Gasteiger partial charge in [-0.3, -0.25) is 28.8 Å². The van der Waals surface area contributed by atoms with Gasteiger partial charge in [-0.1, -0.05) is 62.7 Å². The molecule has 0 radical (unpaired) electrons. The van der Waals surface area contributed by atoms with Crippen molar-refractivity contribution in [1.29, 1.82) is 0 Å². The molecule has 0 saturated carbocycles. The maximum atomic E-state index is 14.3. The Morgan fingerprint density at radius 1 is 0.719 bits per heavy atom. The molecule has 7 atom stereocenters. The number of carboxylic acids is 1. The molecule has 308 valence electrons. The lowest BCUT2D eigenvalue weighted by molar-refractivity contribution is -0.145. The van der Waals surface area contributed by atoms with Gasteiger partial charge in [-0.15, -0.1) is 0 Å². The van der Waals surface area contributed by atoms with Crippen LogP contribution in [0.1, 0.15) is 69.9 Å². The average molecular weight is 790 g/mol. The topological polar surface area (TPSA) is 232 Å². The van der Waals surface area contributed by atoms with Crippen LogP contribution in [0.25, 0.3) is 0 Å². The Morgan fingerprint density at radius 3 is 1.84 bits per heavy atom. The average Bonchev–Trinajstić information content (AvgIpc) is 4.01. The lowest BCUT2D eigenvalue weighted by Gasteiger charge is -2.31. The number of nitrogens with one attached hydrogen (secondary N) is 3. The van der Waals surface area contributed by atoms with Gasteiger partial charge in [-0.05, 0) is 74.1 Å². The number of likely N-dealkylation sites (tertiary alicyclic amines) is 3. The third-order valence-electron chi connectivity index (χ3n) is 11.3. The van der Waals surface area contributed by atoms with Gasteiger partial charge in [0.1, 0.15) is 36.0 Å². The first kappa shape index (κ1) is 42.6. The van der Waals surface area contributed by atoms with E-state index in [1.165, 1.54) is 26.8 Å². The van der Waals surface area contributed by atoms with E-state index in [2.05, 4.69) is 16.0 Å². The Balaban J connectivity index is 1.22. The summed E-state index contributed by atoms with van der Waals surface area (Å²) >= 11 is 0. The largest absolute Gasteiger partial charge is 0.508 e. The van der Waals surface area contributed by atoms with Crippen molar-refractivity contribution in [3.05, 3.63) is 65.7 Å². The number of aromatic hydroxyl groups is 1. The Bertz CT molecular complexity index is 1780. The van der Waals surface area contributed by atoms with E-state index in [9.17, 15) is 43.8 Å². The van der Waals surface area contributed by atoms with Gasteiger partial charge in [0, 0.05) is 26.1 Å². The summed E-state index contributed by atoms with van der Waals surface area (Å²) in [5, 5.41) is 27.4. The zero-order valence-electron chi connectivity index (χ0n) is 32.6. The molecule has 3 aliphatic rings. The molecule has 3 saturated heterocycles. The summed E-state index contributed by atoms with van der Waals surface area (Å²) in [7, 11) is 0. The fourth-order valence-corrected chi connectivity index (χ4v) is 7.96. The first-order valence-corrected chi connectivity index (χ1v) is 19.9. The van der Waals surface area contributed by atoms with Gasteiger partial charge in [0.25, 0.3) is 0 Å². The summed E-state index contributed by atoms with van der Waals surface area (Å²) < 4.78 is 0. The summed E-state index contributed by atoms with van der Waals surface area (Å²) in [6.45, 7) is 3.99. The number of rotatable bonds is 16. The second-order valence-corrected chi connectivity index (χ2v) is 15.3. The van der Waals surface area contributed by atoms with Crippen LogP contribution < -0.4 is 21.7 Å². The molecule has 57 heavy (non-hydrogen) atoms. The first-order valence-electron chi connectivity index (χ1n) is 19.9. The molecule has 0 spiro atoms. The van der Waals surface area contributed by atoms with Gasteiger partial charge < -0.3 is 46.6 Å².